The van der Waals surface area contributed by atoms with Gasteiger partial charge in [-0.2, -0.15) is 0 Å². The Morgan fingerprint density at radius 1 is 1.27 bits per heavy atom. The van der Waals surface area contributed by atoms with Crippen LogP contribution in [-0.4, -0.2) is 18.3 Å². The summed E-state index contributed by atoms with van der Waals surface area (Å²) in [7, 11) is 0. The van der Waals surface area contributed by atoms with Crippen molar-refractivity contribution in [2.45, 2.75) is 19.9 Å². The molecule has 1 aromatic rings. The van der Waals surface area contributed by atoms with Gasteiger partial charge in [0.05, 0.1) is 12.6 Å². The van der Waals surface area contributed by atoms with Crippen molar-refractivity contribution < 1.29 is 9.50 Å². The zero-order valence-electron chi connectivity index (χ0n) is 9.20. The van der Waals surface area contributed by atoms with E-state index in [0.717, 1.165) is 12.1 Å². The first kappa shape index (κ1) is 12.1. The van der Waals surface area contributed by atoms with Crippen molar-refractivity contribution in [1.29, 1.82) is 0 Å². The molecule has 1 aromatic carbocycles. The quantitative estimate of drug-likeness (QED) is 0.781. The van der Waals surface area contributed by atoms with E-state index in [-0.39, 0.29) is 18.5 Å². The number of nitrogens with one attached hydrogen (secondary N) is 1. The molecule has 3 heteroatoms. The lowest BCUT2D eigenvalue weighted by molar-refractivity contribution is 0.241. The third-order valence-corrected chi connectivity index (χ3v) is 2.23. The molecule has 1 atom stereocenters. The van der Waals surface area contributed by atoms with Gasteiger partial charge in [0.15, 0.2) is 0 Å². The summed E-state index contributed by atoms with van der Waals surface area (Å²) in [4.78, 5) is 0. The van der Waals surface area contributed by atoms with Crippen molar-refractivity contribution in [3.05, 3.63) is 35.6 Å². The van der Waals surface area contributed by atoms with Gasteiger partial charge in [-0.3, -0.25) is 0 Å². The highest BCUT2D eigenvalue weighted by Gasteiger charge is 2.09. The summed E-state index contributed by atoms with van der Waals surface area (Å²) in [5.74, 6) is 0.277. The fraction of sp³-hybridized carbons (Fsp3) is 0.500. The maximum Gasteiger partial charge on any atom is 0.123 e. The smallest absolute Gasteiger partial charge is 0.123 e. The molecular formula is C12H18FNO. The number of aliphatic hydroxyl groups is 1. The van der Waals surface area contributed by atoms with Crippen molar-refractivity contribution in [3.63, 3.8) is 0 Å². The Morgan fingerprint density at radius 2 is 1.87 bits per heavy atom. The maximum absolute atomic E-state index is 12.7. The van der Waals surface area contributed by atoms with Gasteiger partial charge < -0.3 is 10.4 Å². The van der Waals surface area contributed by atoms with Crippen LogP contribution in [0.4, 0.5) is 4.39 Å². The van der Waals surface area contributed by atoms with Gasteiger partial charge in [0.25, 0.3) is 0 Å². The van der Waals surface area contributed by atoms with E-state index in [9.17, 15) is 9.50 Å². The number of halogens is 1. The van der Waals surface area contributed by atoms with Gasteiger partial charge in [-0.05, 0) is 30.2 Å². The Hall–Kier alpha value is -0.930. The lowest BCUT2D eigenvalue weighted by Crippen LogP contribution is -2.27. The van der Waals surface area contributed by atoms with Crippen LogP contribution in [0.5, 0.6) is 0 Å². The van der Waals surface area contributed by atoms with E-state index in [1.165, 1.54) is 12.1 Å². The second-order valence-electron chi connectivity index (χ2n) is 4.09. The molecular weight excluding hydrogens is 193 g/mol. The minimum atomic E-state index is -0.251. The van der Waals surface area contributed by atoms with Gasteiger partial charge in [0.1, 0.15) is 5.82 Å². The fourth-order valence-electron chi connectivity index (χ4n) is 1.36. The Kier molecular flexibility index (Phi) is 4.72. The summed E-state index contributed by atoms with van der Waals surface area (Å²) in [6.45, 7) is 5.07. The van der Waals surface area contributed by atoms with Crippen LogP contribution in [0, 0.1) is 11.7 Å². The van der Waals surface area contributed by atoms with Crippen LogP contribution < -0.4 is 5.32 Å². The van der Waals surface area contributed by atoms with Gasteiger partial charge in [-0.15, -0.1) is 0 Å². The molecule has 2 nitrogen and oxygen atoms in total. The first-order valence-corrected chi connectivity index (χ1v) is 5.23. The van der Waals surface area contributed by atoms with Crippen molar-refractivity contribution in [1.82, 2.24) is 5.32 Å². The molecule has 0 heterocycles. The van der Waals surface area contributed by atoms with E-state index in [1.807, 2.05) is 0 Å². The number of benzene rings is 1. The third kappa shape index (κ3) is 3.98. The van der Waals surface area contributed by atoms with E-state index < -0.39 is 0 Å². The van der Waals surface area contributed by atoms with Crippen LogP contribution in [0.2, 0.25) is 0 Å². The van der Waals surface area contributed by atoms with Crippen molar-refractivity contribution in [3.8, 4) is 0 Å². The number of hydrogen-bond donors (Lipinski definition) is 2. The molecule has 0 amide bonds. The van der Waals surface area contributed by atoms with E-state index in [1.54, 1.807) is 12.1 Å². The zero-order valence-corrected chi connectivity index (χ0v) is 9.20. The maximum atomic E-state index is 12.7. The van der Waals surface area contributed by atoms with E-state index >= 15 is 0 Å². The van der Waals surface area contributed by atoms with Crippen LogP contribution in [-0.2, 0) is 0 Å². The van der Waals surface area contributed by atoms with Crippen LogP contribution in [0.15, 0.2) is 24.3 Å². The highest BCUT2D eigenvalue weighted by atomic mass is 19.1. The van der Waals surface area contributed by atoms with E-state index in [0.29, 0.717) is 5.92 Å². The van der Waals surface area contributed by atoms with Crippen molar-refractivity contribution >= 4 is 0 Å². The Bertz CT molecular complexity index is 284. The first-order valence-electron chi connectivity index (χ1n) is 5.23. The second kappa shape index (κ2) is 5.83. The van der Waals surface area contributed by atoms with Gasteiger partial charge >= 0.3 is 0 Å². The molecule has 2 N–H and O–H groups in total. The SMILES string of the molecule is CC(C)CNC(CO)c1ccc(F)cc1. The predicted octanol–water partition coefficient (Wildman–Crippen LogP) is 2.10. The Labute approximate surface area is 90.1 Å². The van der Waals surface area contributed by atoms with E-state index in [4.69, 9.17) is 0 Å². The average Bonchev–Trinajstić information content (AvgIpc) is 2.21. The zero-order chi connectivity index (χ0) is 11.3. The Balaban J connectivity index is 2.61. The monoisotopic (exact) mass is 211 g/mol. The highest BCUT2D eigenvalue weighted by molar-refractivity contribution is 5.19. The first-order chi connectivity index (χ1) is 7.13. The molecule has 0 aliphatic rings. The van der Waals surface area contributed by atoms with Crippen LogP contribution in [0.3, 0.4) is 0 Å². The van der Waals surface area contributed by atoms with Crippen LogP contribution in [0.1, 0.15) is 25.5 Å². The minimum absolute atomic E-state index is 0.0261. The molecule has 1 rings (SSSR count). The fourth-order valence-corrected chi connectivity index (χ4v) is 1.36. The van der Waals surface area contributed by atoms with Crippen molar-refractivity contribution in [2.75, 3.05) is 13.2 Å². The molecule has 15 heavy (non-hydrogen) atoms. The summed E-state index contributed by atoms with van der Waals surface area (Å²) in [6, 6.07) is 6.12. The summed E-state index contributed by atoms with van der Waals surface area (Å²) < 4.78 is 12.7. The normalized spacial score (nSPS) is 13.1. The predicted molar refractivity (Wildman–Crippen MR) is 59.1 cm³/mol. The molecule has 0 bridgehead atoms. The van der Waals surface area contributed by atoms with Gasteiger partial charge in [0.2, 0.25) is 0 Å². The molecule has 0 spiro atoms. The van der Waals surface area contributed by atoms with Gasteiger partial charge in [-0.1, -0.05) is 26.0 Å². The number of hydrogen-bond acceptors (Lipinski definition) is 2. The number of rotatable bonds is 5. The standard InChI is InChI=1S/C12H18FNO/c1-9(2)7-14-12(8-15)10-3-5-11(13)6-4-10/h3-6,9,12,14-15H,7-8H2,1-2H3. The molecule has 0 radical (unpaired) electrons. The summed E-state index contributed by atoms with van der Waals surface area (Å²) in [6.07, 6.45) is 0. The molecule has 84 valence electrons. The molecule has 0 aromatic heterocycles. The lowest BCUT2D eigenvalue weighted by Gasteiger charge is -2.18. The highest BCUT2D eigenvalue weighted by Crippen LogP contribution is 2.13. The second-order valence-corrected chi connectivity index (χ2v) is 4.09. The Morgan fingerprint density at radius 3 is 2.33 bits per heavy atom. The molecule has 0 saturated heterocycles. The summed E-state index contributed by atoms with van der Waals surface area (Å²) in [5.41, 5.74) is 0.916. The lowest BCUT2D eigenvalue weighted by atomic mass is 10.1. The molecule has 0 aliphatic carbocycles. The van der Waals surface area contributed by atoms with Crippen LogP contribution in [0.25, 0.3) is 0 Å². The van der Waals surface area contributed by atoms with E-state index in [2.05, 4.69) is 19.2 Å². The third-order valence-electron chi connectivity index (χ3n) is 2.23. The summed E-state index contributed by atoms with van der Waals surface area (Å²) in [5, 5.41) is 12.4. The molecule has 0 fully saturated rings. The van der Waals surface area contributed by atoms with Gasteiger partial charge in [0, 0.05) is 0 Å². The topological polar surface area (TPSA) is 32.3 Å². The minimum Gasteiger partial charge on any atom is -0.394 e. The average molecular weight is 211 g/mol. The van der Waals surface area contributed by atoms with Crippen LogP contribution >= 0.6 is 0 Å². The molecule has 1 unspecified atom stereocenters. The summed E-state index contributed by atoms with van der Waals surface area (Å²) >= 11 is 0. The molecule has 0 aliphatic heterocycles. The molecule has 0 saturated carbocycles. The van der Waals surface area contributed by atoms with Gasteiger partial charge in [-0.25, -0.2) is 4.39 Å². The van der Waals surface area contributed by atoms with Crippen molar-refractivity contribution in [2.24, 2.45) is 5.92 Å². The number of aliphatic hydroxyl groups excluding tert-OH is 1. The largest absolute Gasteiger partial charge is 0.394 e.